The molecule has 4 nitrogen and oxygen atoms in total. The third-order valence-corrected chi connectivity index (χ3v) is 5.34. The molecule has 1 saturated carbocycles. The molecule has 150 valence electrons. The fraction of sp³-hybridized carbons (Fsp3) is 0.458. The van der Waals surface area contributed by atoms with E-state index in [4.69, 9.17) is 4.74 Å². The molecule has 1 aliphatic rings. The molecule has 0 spiro atoms. The molecule has 0 radical (unpaired) electrons. The smallest absolute Gasteiger partial charge is 0.234 e. The lowest BCUT2D eigenvalue weighted by molar-refractivity contribution is -0.122. The van der Waals surface area contributed by atoms with Gasteiger partial charge >= 0.3 is 0 Å². The molecular weight excluding hydrogens is 348 g/mol. The number of ether oxygens (including phenoxy) is 1. The van der Waals surface area contributed by atoms with Gasteiger partial charge in [0.2, 0.25) is 5.91 Å². The lowest BCUT2D eigenvalue weighted by Gasteiger charge is -2.22. The zero-order chi connectivity index (χ0) is 19.9. The van der Waals surface area contributed by atoms with E-state index in [1.807, 2.05) is 24.3 Å². The van der Waals surface area contributed by atoms with Gasteiger partial charge in [-0.15, -0.1) is 0 Å². The van der Waals surface area contributed by atoms with Gasteiger partial charge in [0.1, 0.15) is 5.75 Å². The summed E-state index contributed by atoms with van der Waals surface area (Å²) in [7, 11) is 1.67. The first-order chi connectivity index (χ1) is 13.5. The van der Waals surface area contributed by atoms with Gasteiger partial charge in [0.25, 0.3) is 0 Å². The molecule has 1 aliphatic carbocycles. The van der Waals surface area contributed by atoms with Gasteiger partial charge in [-0.25, -0.2) is 0 Å². The number of nitrogens with one attached hydrogen (secondary N) is 1. The van der Waals surface area contributed by atoms with Gasteiger partial charge in [-0.1, -0.05) is 50.2 Å². The molecule has 3 rings (SSSR count). The molecule has 0 heterocycles. The molecule has 2 aromatic carbocycles. The van der Waals surface area contributed by atoms with Crippen molar-refractivity contribution < 1.29 is 9.53 Å². The van der Waals surface area contributed by atoms with E-state index >= 15 is 0 Å². The Labute approximate surface area is 168 Å². The van der Waals surface area contributed by atoms with Crippen LogP contribution in [-0.4, -0.2) is 37.0 Å². The van der Waals surface area contributed by atoms with Crippen molar-refractivity contribution in [2.75, 3.05) is 20.2 Å². The summed E-state index contributed by atoms with van der Waals surface area (Å²) in [6, 6.07) is 17.4. The summed E-state index contributed by atoms with van der Waals surface area (Å²) in [4.78, 5) is 14.7. The van der Waals surface area contributed by atoms with Crippen molar-refractivity contribution in [3.63, 3.8) is 0 Å². The molecule has 0 bridgehead atoms. The van der Waals surface area contributed by atoms with Crippen molar-refractivity contribution in [2.24, 2.45) is 0 Å². The third kappa shape index (κ3) is 6.10. The van der Waals surface area contributed by atoms with Gasteiger partial charge < -0.3 is 10.1 Å². The van der Waals surface area contributed by atoms with Crippen molar-refractivity contribution in [1.29, 1.82) is 0 Å². The minimum absolute atomic E-state index is 0.110. The Morgan fingerprint density at radius 1 is 1.07 bits per heavy atom. The van der Waals surface area contributed by atoms with Crippen LogP contribution in [-0.2, 0) is 17.8 Å². The Morgan fingerprint density at radius 3 is 2.29 bits per heavy atom. The first kappa shape index (κ1) is 20.4. The van der Waals surface area contributed by atoms with Gasteiger partial charge in [0.05, 0.1) is 13.7 Å². The van der Waals surface area contributed by atoms with E-state index in [1.54, 1.807) is 7.11 Å². The maximum absolute atomic E-state index is 12.4. The lowest BCUT2D eigenvalue weighted by Crippen LogP contribution is -2.38. The highest BCUT2D eigenvalue weighted by atomic mass is 16.5. The molecule has 4 heteroatoms. The Kier molecular flexibility index (Phi) is 7.10. The number of carbonyl (C=O) groups is 1. The van der Waals surface area contributed by atoms with Crippen LogP contribution in [0.25, 0.3) is 0 Å². The number of methoxy groups -OCH3 is 1. The van der Waals surface area contributed by atoms with E-state index in [1.165, 1.54) is 29.5 Å². The second kappa shape index (κ2) is 9.74. The van der Waals surface area contributed by atoms with Crippen LogP contribution in [0.5, 0.6) is 5.75 Å². The van der Waals surface area contributed by atoms with Gasteiger partial charge in [-0.2, -0.15) is 0 Å². The molecular formula is C24H32N2O2. The fourth-order valence-electron chi connectivity index (χ4n) is 3.38. The molecule has 0 aromatic heterocycles. The van der Waals surface area contributed by atoms with E-state index in [0.29, 0.717) is 25.0 Å². The molecule has 1 fully saturated rings. The van der Waals surface area contributed by atoms with Crippen molar-refractivity contribution in [1.82, 2.24) is 10.2 Å². The maximum Gasteiger partial charge on any atom is 0.234 e. The number of benzene rings is 2. The number of hydrogen-bond acceptors (Lipinski definition) is 3. The van der Waals surface area contributed by atoms with Crippen LogP contribution in [0.3, 0.4) is 0 Å². The largest absolute Gasteiger partial charge is 0.497 e. The Morgan fingerprint density at radius 2 is 1.71 bits per heavy atom. The van der Waals surface area contributed by atoms with Crippen LogP contribution in [0.4, 0.5) is 0 Å². The quantitative estimate of drug-likeness (QED) is 0.673. The van der Waals surface area contributed by atoms with E-state index < -0.39 is 0 Å². The van der Waals surface area contributed by atoms with Crippen LogP contribution in [0.1, 0.15) is 49.3 Å². The Bertz CT molecular complexity index is 749. The maximum atomic E-state index is 12.4. The summed E-state index contributed by atoms with van der Waals surface area (Å²) in [6.07, 6.45) is 3.22. The first-order valence-electron chi connectivity index (χ1n) is 10.3. The zero-order valence-electron chi connectivity index (χ0n) is 17.3. The van der Waals surface area contributed by atoms with Crippen molar-refractivity contribution in [2.45, 2.75) is 51.6 Å². The summed E-state index contributed by atoms with van der Waals surface area (Å²) in [5.41, 5.74) is 3.84. The van der Waals surface area contributed by atoms with Crippen molar-refractivity contribution in [3.8, 4) is 5.75 Å². The fourth-order valence-corrected chi connectivity index (χ4v) is 3.38. The standard InChI is InChI=1S/C24H32N2O2/c1-18(2)21-8-4-20(5-9-21)16-26(22-10-11-22)17-24(27)25-15-14-19-6-12-23(28-3)13-7-19/h4-9,12-13,18,22H,10-11,14-17H2,1-3H3,(H,25,27). The molecule has 1 N–H and O–H groups in total. The molecule has 2 aromatic rings. The zero-order valence-corrected chi connectivity index (χ0v) is 17.3. The lowest BCUT2D eigenvalue weighted by atomic mass is 10.0. The molecule has 1 amide bonds. The highest BCUT2D eigenvalue weighted by Gasteiger charge is 2.30. The third-order valence-electron chi connectivity index (χ3n) is 5.34. The Hall–Kier alpha value is -2.33. The van der Waals surface area contributed by atoms with Crippen LogP contribution < -0.4 is 10.1 Å². The highest BCUT2D eigenvalue weighted by Crippen LogP contribution is 2.28. The van der Waals surface area contributed by atoms with E-state index in [-0.39, 0.29) is 5.91 Å². The highest BCUT2D eigenvalue weighted by molar-refractivity contribution is 5.78. The summed E-state index contributed by atoms with van der Waals surface area (Å²) in [6.45, 7) is 6.39. The predicted molar refractivity (Wildman–Crippen MR) is 114 cm³/mol. The minimum Gasteiger partial charge on any atom is -0.497 e. The molecule has 0 atom stereocenters. The van der Waals surface area contributed by atoms with Crippen LogP contribution in [0.2, 0.25) is 0 Å². The van der Waals surface area contributed by atoms with Crippen LogP contribution in [0.15, 0.2) is 48.5 Å². The predicted octanol–water partition coefficient (Wildman–Crippen LogP) is 4.14. The molecule has 0 aliphatic heterocycles. The molecule has 0 saturated heterocycles. The van der Waals surface area contributed by atoms with Crippen molar-refractivity contribution >= 4 is 5.91 Å². The normalized spacial score (nSPS) is 13.8. The number of nitrogens with zero attached hydrogens (tertiary/aromatic N) is 1. The monoisotopic (exact) mass is 380 g/mol. The van der Waals surface area contributed by atoms with E-state index in [0.717, 1.165) is 18.7 Å². The summed E-state index contributed by atoms with van der Waals surface area (Å²) in [5.74, 6) is 1.51. The summed E-state index contributed by atoms with van der Waals surface area (Å²) in [5, 5.41) is 3.07. The number of amides is 1. The van der Waals surface area contributed by atoms with Gasteiger partial charge in [0.15, 0.2) is 0 Å². The second-order valence-electron chi connectivity index (χ2n) is 7.98. The molecule has 28 heavy (non-hydrogen) atoms. The molecule has 0 unspecified atom stereocenters. The topological polar surface area (TPSA) is 41.6 Å². The van der Waals surface area contributed by atoms with Crippen LogP contribution >= 0.6 is 0 Å². The van der Waals surface area contributed by atoms with Crippen LogP contribution in [0, 0.1) is 0 Å². The second-order valence-corrected chi connectivity index (χ2v) is 7.98. The number of rotatable bonds is 10. The first-order valence-corrected chi connectivity index (χ1v) is 10.3. The van der Waals surface area contributed by atoms with Gasteiger partial charge in [-0.05, 0) is 54.0 Å². The summed E-state index contributed by atoms with van der Waals surface area (Å²) >= 11 is 0. The number of hydrogen-bond donors (Lipinski definition) is 1. The SMILES string of the molecule is COc1ccc(CCNC(=O)CN(Cc2ccc(C(C)C)cc2)C2CC2)cc1. The van der Waals surface area contributed by atoms with Crippen molar-refractivity contribution in [3.05, 3.63) is 65.2 Å². The van der Waals surface area contributed by atoms with Gasteiger partial charge in [0, 0.05) is 19.1 Å². The minimum atomic E-state index is 0.110. The average molecular weight is 381 g/mol. The van der Waals surface area contributed by atoms with E-state index in [2.05, 4.69) is 48.3 Å². The van der Waals surface area contributed by atoms with E-state index in [9.17, 15) is 4.79 Å². The summed E-state index contributed by atoms with van der Waals surface area (Å²) < 4.78 is 5.18. The average Bonchev–Trinajstić information content (AvgIpc) is 3.54. The Balaban J connectivity index is 1.46. The van der Waals surface area contributed by atoms with Gasteiger partial charge in [-0.3, -0.25) is 9.69 Å². The number of carbonyl (C=O) groups excluding carboxylic acids is 1.